The minimum Gasteiger partial charge on any atom is -0.492 e. The molecule has 26 heavy (non-hydrogen) atoms. The lowest BCUT2D eigenvalue weighted by Gasteiger charge is -2.38. The third-order valence-electron chi connectivity index (χ3n) is 5.90. The molecule has 4 heteroatoms. The van der Waals surface area contributed by atoms with E-state index < -0.39 is 0 Å². The van der Waals surface area contributed by atoms with Gasteiger partial charge < -0.3 is 15.4 Å². The van der Waals surface area contributed by atoms with Crippen LogP contribution in [0, 0.1) is 0 Å². The molecule has 0 bridgehead atoms. The maximum absolute atomic E-state index is 12.6. The van der Waals surface area contributed by atoms with Gasteiger partial charge in [-0.05, 0) is 36.5 Å². The molecule has 2 aliphatic heterocycles. The van der Waals surface area contributed by atoms with Crippen LogP contribution >= 0.6 is 0 Å². The lowest BCUT2D eigenvalue weighted by Crippen LogP contribution is -2.46. The minimum absolute atomic E-state index is 0.0523. The summed E-state index contributed by atoms with van der Waals surface area (Å²) in [6.45, 7) is 2.89. The van der Waals surface area contributed by atoms with Gasteiger partial charge in [-0.2, -0.15) is 0 Å². The predicted octanol–water partition coefficient (Wildman–Crippen LogP) is 3.03. The number of nitrogens with two attached hydrogens (primary N) is 1. The van der Waals surface area contributed by atoms with Crippen LogP contribution < -0.4 is 10.5 Å². The van der Waals surface area contributed by atoms with E-state index in [9.17, 15) is 4.79 Å². The Balaban J connectivity index is 1.38. The number of amides is 1. The van der Waals surface area contributed by atoms with Gasteiger partial charge in [0.2, 0.25) is 5.91 Å². The molecule has 0 aliphatic carbocycles. The smallest absolute Gasteiger partial charge is 0.222 e. The van der Waals surface area contributed by atoms with Gasteiger partial charge in [-0.15, -0.1) is 0 Å². The molecule has 4 rings (SSSR count). The normalized spacial score (nSPS) is 17.8. The second-order valence-electron chi connectivity index (χ2n) is 7.47. The second-order valence-corrected chi connectivity index (χ2v) is 7.47. The number of ether oxygens (including phenoxy) is 1. The molecule has 1 fully saturated rings. The zero-order valence-electron chi connectivity index (χ0n) is 15.1. The number of carbonyl (C=O) groups is 1. The van der Waals surface area contributed by atoms with Crippen LogP contribution in [-0.4, -0.2) is 30.5 Å². The van der Waals surface area contributed by atoms with E-state index in [0.29, 0.717) is 13.0 Å². The van der Waals surface area contributed by atoms with E-state index in [1.165, 1.54) is 11.1 Å². The number of hydrogen-bond acceptors (Lipinski definition) is 3. The average Bonchev–Trinajstić information content (AvgIpc) is 3.05. The summed E-state index contributed by atoms with van der Waals surface area (Å²) >= 11 is 0. The fraction of sp³-hybridized carbons (Fsp3) is 0.409. The number of nitrogens with zero attached hydrogens (tertiary/aromatic N) is 1. The maximum Gasteiger partial charge on any atom is 0.222 e. The molecular formula is C22H26N2O2. The Morgan fingerprint density at radius 3 is 2.58 bits per heavy atom. The van der Waals surface area contributed by atoms with Crippen molar-refractivity contribution < 1.29 is 9.53 Å². The fourth-order valence-electron chi connectivity index (χ4n) is 4.19. The van der Waals surface area contributed by atoms with E-state index in [-0.39, 0.29) is 11.3 Å². The summed E-state index contributed by atoms with van der Waals surface area (Å²) in [6.07, 6.45) is 3.32. The van der Waals surface area contributed by atoms with Crippen LogP contribution in [0.15, 0.2) is 48.5 Å². The first-order valence-electron chi connectivity index (χ1n) is 9.48. The number of carbonyl (C=O) groups excluding carboxylic acids is 1. The lowest BCUT2D eigenvalue weighted by atomic mass is 9.74. The standard InChI is InChI=1S/C22H26N2O2/c23-15-18-6-8-20-19(14-18)22(16-26-20)10-12-24(13-11-22)21(25)9-7-17-4-2-1-3-5-17/h1-6,8,14H,7,9-13,15-16,23H2. The van der Waals surface area contributed by atoms with E-state index in [2.05, 4.69) is 18.2 Å². The van der Waals surface area contributed by atoms with Crippen LogP contribution in [0.1, 0.15) is 36.0 Å². The molecule has 0 radical (unpaired) electrons. The molecule has 0 unspecified atom stereocenters. The summed E-state index contributed by atoms with van der Waals surface area (Å²) in [5, 5.41) is 0. The highest BCUT2D eigenvalue weighted by Gasteiger charge is 2.43. The molecule has 1 spiro atoms. The highest BCUT2D eigenvalue weighted by Crippen LogP contribution is 2.45. The lowest BCUT2D eigenvalue weighted by molar-refractivity contribution is -0.132. The Morgan fingerprint density at radius 1 is 1.08 bits per heavy atom. The quantitative estimate of drug-likeness (QED) is 0.922. The number of hydrogen-bond donors (Lipinski definition) is 1. The first kappa shape index (κ1) is 17.1. The van der Waals surface area contributed by atoms with E-state index in [4.69, 9.17) is 10.5 Å². The summed E-state index contributed by atoms with van der Waals surface area (Å²) in [7, 11) is 0. The van der Waals surface area contributed by atoms with Gasteiger partial charge >= 0.3 is 0 Å². The van der Waals surface area contributed by atoms with Gasteiger partial charge in [0.15, 0.2) is 0 Å². The summed E-state index contributed by atoms with van der Waals surface area (Å²) < 4.78 is 5.95. The van der Waals surface area contributed by atoms with Crippen molar-refractivity contribution in [3.63, 3.8) is 0 Å². The van der Waals surface area contributed by atoms with Crippen molar-refractivity contribution in [3.05, 3.63) is 65.2 Å². The van der Waals surface area contributed by atoms with Crippen molar-refractivity contribution in [3.8, 4) is 5.75 Å². The molecule has 0 saturated carbocycles. The molecule has 2 N–H and O–H groups in total. The first-order valence-corrected chi connectivity index (χ1v) is 9.48. The van der Waals surface area contributed by atoms with Crippen LogP contribution in [0.2, 0.25) is 0 Å². The number of piperidine rings is 1. The number of rotatable bonds is 4. The highest BCUT2D eigenvalue weighted by atomic mass is 16.5. The van der Waals surface area contributed by atoms with Gasteiger partial charge in [0.25, 0.3) is 0 Å². The van der Waals surface area contributed by atoms with Gasteiger partial charge in [-0.3, -0.25) is 4.79 Å². The van der Waals surface area contributed by atoms with Crippen LogP contribution in [0.3, 0.4) is 0 Å². The van der Waals surface area contributed by atoms with Gasteiger partial charge in [0.1, 0.15) is 5.75 Å². The molecular weight excluding hydrogens is 324 g/mol. The highest BCUT2D eigenvalue weighted by molar-refractivity contribution is 5.76. The zero-order chi connectivity index (χ0) is 18.0. The van der Waals surface area contributed by atoms with Crippen LogP contribution in [-0.2, 0) is 23.2 Å². The molecule has 0 atom stereocenters. The SMILES string of the molecule is NCc1ccc2c(c1)C1(CCN(C(=O)CCc3ccccc3)CC1)CO2. The zero-order valence-corrected chi connectivity index (χ0v) is 15.1. The van der Waals surface area contributed by atoms with E-state index >= 15 is 0 Å². The van der Waals surface area contributed by atoms with E-state index in [0.717, 1.165) is 50.3 Å². The van der Waals surface area contributed by atoms with E-state index in [1.807, 2.05) is 35.2 Å². The van der Waals surface area contributed by atoms with Crippen molar-refractivity contribution >= 4 is 5.91 Å². The molecule has 2 aliphatic rings. The third-order valence-corrected chi connectivity index (χ3v) is 5.90. The van der Waals surface area contributed by atoms with Gasteiger partial charge in [0.05, 0.1) is 6.61 Å². The molecule has 4 nitrogen and oxygen atoms in total. The Morgan fingerprint density at radius 2 is 1.85 bits per heavy atom. The van der Waals surface area contributed by atoms with Crippen molar-refractivity contribution in [1.29, 1.82) is 0 Å². The number of fused-ring (bicyclic) bond motifs is 2. The minimum atomic E-state index is 0.0523. The van der Waals surface area contributed by atoms with Gasteiger partial charge in [0, 0.05) is 37.0 Å². The number of aryl methyl sites for hydroxylation is 1. The monoisotopic (exact) mass is 350 g/mol. The van der Waals surface area contributed by atoms with Crippen molar-refractivity contribution in [2.75, 3.05) is 19.7 Å². The number of benzene rings is 2. The summed E-state index contributed by atoms with van der Waals surface area (Å²) in [5.74, 6) is 1.25. The van der Waals surface area contributed by atoms with Crippen molar-refractivity contribution in [1.82, 2.24) is 4.90 Å². The Kier molecular flexibility index (Phi) is 4.68. The molecule has 1 saturated heterocycles. The predicted molar refractivity (Wildman–Crippen MR) is 102 cm³/mol. The molecule has 1 amide bonds. The van der Waals surface area contributed by atoms with Gasteiger partial charge in [-0.1, -0.05) is 42.5 Å². The third kappa shape index (κ3) is 3.21. The second kappa shape index (κ2) is 7.12. The Labute approximate surface area is 155 Å². The Bertz CT molecular complexity index is 780. The van der Waals surface area contributed by atoms with E-state index in [1.54, 1.807) is 0 Å². The largest absolute Gasteiger partial charge is 0.492 e. The molecule has 2 aromatic carbocycles. The molecule has 2 heterocycles. The van der Waals surface area contributed by atoms with Crippen molar-refractivity contribution in [2.24, 2.45) is 5.73 Å². The first-order chi connectivity index (χ1) is 12.7. The fourth-order valence-corrected chi connectivity index (χ4v) is 4.19. The Hall–Kier alpha value is -2.33. The molecule has 0 aromatic heterocycles. The summed E-state index contributed by atoms with van der Waals surface area (Å²) in [4.78, 5) is 14.6. The molecule has 2 aromatic rings. The summed E-state index contributed by atoms with van der Waals surface area (Å²) in [5.41, 5.74) is 9.52. The maximum atomic E-state index is 12.6. The topological polar surface area (TPSA) is 55.6 Å². The molecule has 136 valence electrons. The summed E-state index contributed by atoms with van der Waals surface area (Å²) in [6, 6.07) is 16.5. The van der Waals surface area contributed by atoms with Crippen molar-refractivity contribution in [2.45, 2.75) is 37.6 Å². The van der Waals surface area contributed by atoms with Crippen LogP contribution in [0.25, 0.3) is 0 Å². The number of likely N-dealkylation sites (tertiary alicyclic amines) is 1. The van der Waals surface area contributed by atoms with Crippen LogP contribution in [0.4, 0.5) is 0 Å². The van der Waals surface area contributed by atoms with Gasteiger partial charge in [-0.25, -0.2) is 0 Å². The van der Waals surface area contributed by atoms with Crippen LogP contribution in [0.5, 0.6) is 5.75 Å². The average molecular weight is 350 g/mol.